The molecule has 0 aliphatic rings. The topological polar surface area (TPSA) is 13.1 Å². The highest BCUT2D eigenvalue weighted by Crippen LogP contribution is 2.18. The number of hydrogen-bond donors (Lipinski definition) is 0. The quantitative estimate of drug-likeness (QED) is 0.656. The van der Waals surface area contributed by atoms with Crippen LogP contribution in [0.25, 0.3) is 11.0 Å². The standard InChI is InChI=1S/C13H16O/c1-2-3-4-5-11-6-7-12-8-9-14-13(12)10-11/h6-10H,2-5H2,1H3. The van der Waals surface area contributed by atoms with Crippen molar-refractivity contribution >= 4 is 11.0 Å². The number of fused-ring (bicyclic) bond motifs is 1. The molecule has 0 spiro atoms. The van der Waals surface area contributed by atoms with E-state index in [1.807, 2.05) is 6.07 Å². The van der Waals surface area contributed by atoms with Crippen LogP contribution in [0, 0.1) is 0 Å². The molecule has 0 atom stereocenters. The van der Waals surface area contributed by atoms with Crippen LogP contribution in [0.15, 0.2) is 34.9 Å². The van der Waals surface area contributed by atoms with Gasteiger partial charge in [-0.3, -0.25) is 0 Å². The maximum absolute atomic E-state index is 5.36. The summed E-state index contributed by atoms with van der Waals surface area (Å²) in [5, 5.41) is 1.20. The second kappa shape index (κ2) is 4.32. The van der Waals surface area contributed by atoms with Crippen LogP contribution >= 0.6 is 0 Å². The van der Waals surface area contributed by atoms with E-state index in [0.29, 0.717) is 0 Å². The average molecular weight is 188 g/mol. The first-order valence-corrected chi connectivity index (χ1v) is 5.36. The Balaban J connectivity index is 2.10. The van der Waals surface area contributed by atoms with Crippen LogP contribution in [-0.2, 0) is 6.42 Å². The van der Waals surface area contributed by atoms with E-state index in [2.05, 4.69) is 25.1 Å². The summed E-state index contributed by atoms with van der Waals surface area (Å²) < 4.78 is 5.36. The smallest absolute Gasteiger partial charge is 0.134 e. The summed E-state index contributed by atoms with van der Waals surface area (Å²) in [7, 11) is 0. The number of aryl methyl sites for hydroxylation is 1. The van der Waals surface area contributed by atoms with E-state index in [1.54, 1.807) is 6.26 Å². The molecule has 1 nitrogen and oxygen atoms in total. The van der Waals surface area contributed by atoms with Crippen LogP contribution in [0.1, 0.15) is 31.7 Å². The van der Waals surface area contributed by atoms with Gasteiger partial charge < -0.3 is 4.42 Å². The van der Waals surface area contributed by atoms with Crippen molar-refractivity contribution in [3.05, 3.63) is 36.1 Å². The summed E-state index contributed by atoms with van der Waals surface area (Å²) in [5.74, 6) is 0. The van der Waals surface area contributed by atoms with Crippen LogP contribution in [-0.4, -0.2) is 0 Å². The number of furan rings is 1. The number of unbranched alkanes of at least 4 members (excludes halogenated alkanes) is 2. The molecule has 1 heterocycles. The number of rotatable bonds is 4. The predicted molar refractivity (Wildman–Crippen MR) is 59.4 cm³/mol. The molecule has 1 aromatic heterocycles. The lowest BCUT2D eigenvalue weighted by Gasteiger charge is -1.99. The Morgan fingerprint density at radius 3 is 2.93 bits per heavy atom. The van der Waals surface area contributed by atoms with Gasteiger partial charge in [-0.15, -0.1) is 0 Å². The molecular formula is C13H16O. The van der Waals surface area contributed by atoms with E-state index in [0.717, 1.165) is 5.58 Å². The Kier molecular flexibility index (Phi) is 2.87. The molecule has 0 bridgehead atoms. The fraction of sp³-hybridized carbons (Fsp3) is 0.385. The Bertz CT molecular complexity index is 400. The van der Waals surface area contributed by atoms with E-state index in [1.165, 1.54) is 36.6 Å². The highest BCUT2D eigenvalue weighted by molar-refractivity contribution is 5.77. The molecule has 2 rings (SSSR count). The molecule has 0 fully saturated rings. The van der Waals surface area contributed by atoms with Gasteiger partial charge in [-0.05, 0) is 30.5 Å². The largest absolute Gasteiger partial charge is 0.464 e. The monoisotopic (exact) mass is 188 g/mol. The van der Waals surface area contributed by atoms with Crippen molar-refractivity contribution in [2.24, 2.45) is 0 Å². The normalized spacial score (nSPS) is 10.9. The molecule has 0 aliphatic heterocycles. The minimum absolute atomic E-state index is 1.01. The molecule has 0 amide bonds. The van der Waals surface area contributed by atoms with E-state index in [9.17, 15) is 0 Å². The van der Waals surface area contributed by atoms with Gasteiger partial charge in [0.25, 0.3) is 0 Å². The van der Waals surface area contributed by atoms with Gasteiger partial charge in [0.15, 0.2) is 0 Å². The minimum Gasteiger partial charge on any atom is -0.464 e. The summed E-state index contributed by atoms with van der Waals surface area (Å²) in [6.07, 6.45) is 6.80. The summed E-state index contributed by atoms with van der Waals surface area (Å²) in [4.78, 5) is 0. The summed E-state index contributed by atoms with van der Waals surface area (Å²) >= 11 is 0. The van der Waals surface area contributed by atoms with E-state index < -0.39 is 0 Å². The van der Waals surface area contributed by atoms with Crippen LogP contribution in [0.4, 0.5) is 0 Å². The average Bonchev–Trinajstić information content (AvgIpc) is 2.65. The lowest BCUT2D eigenvalue weighted by Crippen LogP contribution is -1.84. The zero-order chi connectivity index (χ0) is 9.80. The zero-order valence-electron chi connectivity index (χ0n) is 8.62. The molecule has 0 saturated carbocycles. The Labute approximate surface area is 84.7 Å². The van der Waals surface area contributed by atoms with Crippen molar-refractivity contribution in [1.29, 1.82) is 0 Å². The lowest BCUT2D eigenvalue weighted by atomic mass is 10.1. The summed E-state index contributed by atoms with van der Waals surface area (Å²) in [6, 6.07) is 8.50. The van der Waals surface area contributed by atoms with Gasteiger partial charge >= 0.3 is 0 Å². The number of benzene rings is 1. The van der Waals surface area contributed by atoms with Crippen LogP contribution in [0.3, 0.4) is 0 Å². The summed E-state index contributed by atoms with van der Waals surface area (Å²) in [6.45, 7) is 2.23. The lowest BCUT2D eigenvalue weighted by molar-refractivity contribution is 0.615. The zero-order valence-corrected chi connectivity index (χ0v) is 8.62. The Morgan fingerprint density at radius 2 is 2.07 bits per heavy atom. The highest BCUT2D eigenvalue weighted by atomic mass is 16.3. The third-order valence-electron chi connectivity index (χ3n) is 2.59. The molecule has 2 aromatic rings. The van der Waals surface area contributed by atoms with Crippen LogP contribution < -0.4 is 0 Å². The predicted octanol–water partition coefficient (Wildman–Crippen LogP) is 4.17. The highest BCUT2D eigenvalue weighted by Gasteiger charge is 1.98. The van der Waals surface area contributed by atoms with Gasteiger partial charge in [-0.2, -0.15) is 0 Å². The SMILES string of the molecule is CCCCCc1ccc2ccoc2c1. The second-order valence-corrected chi connectivity index (χ2v) is 3.75. The molecule has 0 saturated heterocycles. The van der Waals surface area contributed by atoms with Gasteiger partial charge in [-0.25, -0.2) is 0 Å². The molecule has 1 aromatic carbocycles. The summed E-state index contributed by atoms with van der Waals surface area (Å²) in [5.41, 5.74) is 2.40. The molecule has 0 aliphatic carbocycles. The van der Waals surface area contributed by atoms with Crippen LogP contribution in [0.5, 0.6) is 0 Å². The molecular weight excluding hydrogens is 172 g/mol. The van der Waals surface area contributed by atoms with Crippen molar-refractivity contribution in [3.63, 3.8) is 0 Å². The maximum atomic E-state index is 5.36. The van der Waals surface area contributed by atoms with Crippen LogP contribution in [0.2, 0.25) is 0 Å². The van der Waals surface area contributed by atoms with E-state index >= 15 is 0 Å². The molecule has 14 heavy (non-hydrogen) atoms. The molecule has 74 valence electrons. The molecule has 0 unspecified atom stereocenters. The fourth-order valence-corrected chi connectivity index (χ4v) is 1.73. The maximum Gasteiger partial charge on any atom is 0.134 e. The Hall–Kier alpha value is -1.24. The molecule has 0 radical (unpaired) electrons. The third-order valence-corrected chi connectivity index (χ3v) is 2.59. The van der Waals surface area contributed by atoms with Gasteiger partial charge in [-0.1, -0.05) is 31.9 Å². The molecule has 0 N–H and O–H groups in total. The first kappa shape index (κ1) is 9.32. The van der Waals surface area contributed by atoms with Crippen molar-refractivity contribution in [3.8, 4) is 0 Å². The van der Waals surface area contributed by atoms with E-state index in [4.69, 9.17) is 4.42 Å². The minimum atomic E-state index is 1.01. The van der Waals surface area contributed by atoms with Crippen molar-refractivity contribution in [1.82, 2.24) is 0 Å². The van der Waals surface area contributed by atoms with Gasteiger partial charge in [0, 0.05) is 5.39 Å². The van der Waals surface area contributed by atoms with Gasteiger partial charge in [0.1, 0.15) is 5.58 Å². The van der Waals surface area contributed by atoms with Gasteiger partial charge in [0.2, 0.25) is 0 Å². The number of hydrogen-bond acceptors (Lipinski definition) is 1. The van der Waals surface area contributed by atoms with Gasteiger partial charge in [0.05, 0.1) is 6.26 Å². The first-order chi connectivity index (χ1) is 6.90. The van der Waals surface area contributed by atoms with E-state index in [-0.39, 0.29) is 0 Å². The fourth-order valence-electron chi connectivity index (χ4n) is 1.73. The van der Waals surface area contributed by atoms with Crippen molar-refractivity contribution < 1.29 is 4.42 Å². The Morgan fingerprint density at radius 1 is 1.14 bits per heavy atom. The second-order valence-electron chi connectivity index (χ2n) is 3.75. The first-order valence-electron chi connectivity index (χ1n) is 5.36. The third kappa shape index (κ3) is 1.98. The van der Waals surface area contributed by atoms with Crippen molar-refractivity contribution in [2.75, 3.05) is 0 Å². The van der Waals surface area contributed by atoms with Crippen molar-refractivity contribution in [2.45, 2.75) is 32.6 Å². The molecule has 1 heteroatoms.